The molecule has 1 aliphatic carbocycles. The van der Waals surface area contributed by atoms with Crippen molar-refractivity contribution in [3.8, 4) is 0 Å². The van der Waals surface area contributed by atoms with Gasteiger partial charge in [0.2, 0.25) is 5.91 Å². The van der Waals surface area contributed by atoms with Crippen LogP contribution in [0, 0.1) is 5.92 Å². The Morgan fingerprint density at radius 2 is 1.56 bits per heavy atom. The third kappa shape index (κ3) is 5.69. The lowest BCUT2D eigenvalue weighted by Crippen LogP contribution is -2.34. The Kier molecular flexibility index (Phi) is 7.40. The van der Waals surface area contributed by atoms with Crippen molar-refractivity contribution in [2.24, 2.45) is 5.92 Å². The quantitative estimate of drug-likeness (QED) is 0.377. The van der Waals surface area contributed by atoms with Crippen LogP contribution in [0.25, 0.3) is 0 Å². The SMILES string of the molecule is O=C(NCC(F)(F)F)c1cc(NC(=O)C2C(c3cc(Cl)cc(Cl)c3)C2(Cl)Cl)cc(Cl)c1Cl. The van der Waals surface area contributed by atoms with Gasteiger partial charge < -0.3 is 10.6 Å². The lowest BCUT2D eigenvalue weighted by atomic mass is 10.1. The molecule has 2 unspecified atom stereocenters. The van der Waals surface area contributed by atoms with Crippen LogP contribution in [0.1, 0.15) is 21.8 Å². The van der Waals surface area contributed by atoms with E-state index in [1.165, 1.54) is 12.1 Å². The van der Waals surface area contributed by atoms with Crippen molar-refractivity contribution in [2.75, 3.05) is 11.9 Å². The molecule has 0 aromatic heterocycles. The minimum Gasteiger partial charge on any atom is -0.343 e. The van der Waals surface area contributed by atoms with Gasteiger partial charge in [0, 0.05) is 21.7 Å². The molecule has 1 saturated carbocycles. The van der Waals surface area contributed by atoms with Gasteiger partial charge in [-0.2, -0.15) is 13.2 Å². The number of rotatable bonds is 5. The Balaban J connectivity index is 1.80. The molecule has 32 heavy (non-hydrogen) atoms. The van der Waals surface area contributed by atoms with Gasteiger partial charge in [-0.25, -0.2) is 0 Å². The lowest BCUT2D eigenvalue weighted by Gasteiger charge is -2.12. The molecular weight excluding hydrogens is 558 g/mol. The molecule has 3 rings (SSSR count). The van der Waals surface area contributed by atoms with Gasteiger partial charge in [-0.1, -0.05) is 46.4 Å². The van der Waals surface area contributed by atoms with Crippen LogP contribution in [0.4, 0.5) is 18.9 Å². The number of hydrogen-bond donors (Lipinski definition) is 2. The van der Waals surface area contributed by atoms with E-state index in [1.54, 1.807) is 17.4 Å². The van der Waals surface area contributed by atoms with Crippen molar-refractivity contribution in [3.63, 3.8) is 0 Å². The van der Waals surface area contributed by atoms with Crippen LogP contribution in [0.2, 0.25) is 20.1 Å². The predicted molar refractivity (Wildman–Crippen MR) is 121 cm³/mol. The van der Waals surface area contributed by atoms with Crippen molar-refractivity contribution >= 4 is 87.1 Å². The molecule has 0 aliphatic heterocycles. The molecule has 1 fully saturated rings. The molecule has 2 aromatic rings. The minimum absolute atomic E-state index is 0.0143. The molecule has 1 aliphatic rings. The number of carbonyl (C=O) groups excluding carboxylic acids is 2. The van der Waals surface area contributed by atoms with E-state index in [-0.39, 0.29) is 21.3 Å². The van der Waals surface area contributed by atoms with Crippen LogP contribution in [0.15, 0.2) is 30.3 Å². The summed E-state index contributed by atoms with van der Waals surface area (Å²) in [5.74, 6) is -3.26. The number of benzene rings is 2. The van der Waals surface area contributed by atoms with Crippen molar-refractivity contribution in [1.29, 1.82) is 0 Å². The molecule has 0 radical (unpaired) electrons. The molecule has 172 valence electrons. The van der Waals surface area contributed by atoms with Gasteiger partial charge in [0.15, 0.2) is 0 Å². The summed E-state index contributed by atoms with van der Waals surface area (Å²) < 4.78 is 35.7. The molecule has 2 aromatic carbocycles. The molecule has 2 amide bonds. The number of hydrogen-bond acceptors (Lipinski definition) is 2. The highest BCUT2D eigenvalue weighted by Crippen LogP contribution is 2.65. The molecule has 2 N–H and O–H groups in total. The van der Waals surface area contributed by atoms with Crippen LogP contribution in [-0.4, -0.2) is 28.9 Å². The third-order valence-electron chi connectivity index (χ3n) is 4.57. The molecule has 0 spiro atoms. The first-order chi connectivity index (χ1) is 14.7. The Morgan fingerprint density at radius 3 is 2.12 bits per heavy atom. The minimum atomic E-state index is -4.62. The first-order valence-electron chi connectivity index (χ1n) is 8.69. The number of carbonyl (C=O) groups is 2. The van der Waals surface area contributed by atoms with Gasteiger partial charge in [-0.3, -0.25) is 9.59 Å². The fraction of sp³-hybridized carbons (Fsp3) is 0.263. The first kappa shape index (κ1) is 25.5. The van der Waals surface area contributed by atoms with E-state index in [1.807, 2.05) is 0 Å². The zero-order valence-corrected chi connectivity index (χ0v) is 20.0. The molecule has 0 saturated heterocycles. The molecule has 0 bridgehead atoms. The number of halogens is 9. The average Bonchev–Trinajstić information content (AvgIpc) is 3.23. The van der Waals surface area contributed by atoms with Crippen LogP contribution in [0.5, 0.6) is 0 Å². The highest BCUT2D eigenvalue weighted by molar-refractivity contribution is 6.53. The molecule has 4 nitrogen and oxygen atoms in total. The summed E-state index contributed by atoms with van der Waals surface area (Å²) in [5, 5.41) is 4.44. The predicted octanol–water partition coefficient (Wildman–Crippen LogP) is 7.12. The van der Waals surface area contributed by atoms with Crippen LogP contribution >= 0.6 is 69.6 Å². The fourth-order valence-corrected chi connectivity index (χ4v) is 4.93. The monoisotopic (exact) mass is 566 g/mol. The largest absolute Gasteiger partial charge is 0.405 e. The Hall–Kier alpha value is -1.09. The first-order valence-corrected chi connectivity index (χ1v) is 11.0. The lowest BCUT2D eigenvalue weighted by molar-refractivity contribution is -0.123. The van der Waals surface area contributed by atoms with Gasteiger partial charge in [0.1, 0.15) is 10.9 Å². The molecule has 2 atom stereocenters. The number of nitrogens with one attached hydrogen (secondary N) is 2. The standard InChI is InChI=1S/C19H11Cl6F3N2O2/c20-8-1-7(2-9(21)3-8)13-14(19(13,24)25)17(32)30-10-4-11(15(23)12(22)5-10)16(31)29-6-18(26,27)28/h1-5,13-14H,6H2,(H,29,31)(H,30,32). The zero-order valence-electron chi connectivity index (χ0n) is 15.5. The summed E-state index contributed by atoms with van der Waals surface area (Å²) in [6.45, 7) is -1.57. The van der Waals surface area contributed by atoms with E-state index in [0.717, 1.165) is 6.07 Å². The van der Waals surface area contributed by atoms with Gasteiger partial charge in [0.05, 0.1) is 21.5 Å². The van der Waals surface area contributed by atoms with E-state index in [2.05, 4.69) is 5.32 Å². The van der Waals surface area contributed by atoms with Crippen molar-refractivity contribution < 1.29 is 22.8 Å². The zero-order chi connectivity index (χ0) is 24.0. The summed E-state index contributed by atoms with van der Waals surface area (Å²) in [6.07, 6.45) is -4.62. The Bertz CT molecular complexity index is 1070. The van der Waals surface area contributed by atoms with Crippen molar-refractivity contribution in [3.05, 3.63) is 61.5 Å². The van der Waals surface area contributed by atoms with Crippen LogP contribution < -0.4 is 10.6 Å². The second kappa shape index (κ2) is 9.28. The summed E-state index contributed by atoms with van der Waals surface area (Å²) >= 11 is 36.5. The number of alkyl halides is 5. The highest BCUT2D eigenvalue weighted by Gasteiger charge is 2.67. The maximum atomic E-state index is 12.8. The summed E-state index contributed by atoms with van der Waals surface area (Å²) in [4.78, 5) is 24.9. The van der Waals surface area contributed by atoms with Gasteiger partial charge in [-0.15, -0.1) is 23.2 Å². The fourth-order valence-electron chi connectivity index (χ4n) is 3.14. The van der Waals surface area contributed by atoms with E-state index < -0.39 is 40.7 Å². The molecule has 13 heteroatoms. The van der Waals surface area contributed by atoms with E-state index in [0.29, 0.717) is 15.6 Å². The van der Waals surface area contributed by atoms with Crippen molar-refractivity contribution in [1.82, 2.24) is 5.32 Å². The van der Waals surface area contributed by atoms with Crippen LogP contribution in [0.3, 0.4) is 0 Å². The maximum Gasteiger partial charge on any atom is 0.405 e. The van der Waals surface area contributed by atoms with Gasteiger partial charge in [-0.05, 0) is 35.9 Å². The Labute approximate surface area is 210 Å². The van der Waals surface area contributed by atoms with Crippen LogP contribution in [-0.2, 0) is 4.79 Å². The molecular formula is C19H11Cl6F3N2O2. The van der Waals surface area contributed by atoms with E-state index >= 15 is 0 Å². The highest BCUT2D eigenvalue weighted by atomic mass is 35.5. The topological polar surface area (TPSA) is 58.2 Å². The van der Waals surface area contributed by atoms with Crippen molar-refractivity contribution in [2.45, 2.75) is 16.4 Å². The number of amides is 2. The normalized spacial score (nSPS) is 19.4. The summed E-state index contributed by atoms with van der Waals surface area (Å²) in [6, 6.07) is 6.99. The molecule has 0 heterocycles. The number of anilines is 1. The smallest absolute Gasteiger partial charge is 0.343 e. The summed E-state index contributed by atoms with van der Waals surface area (Å²) in [5.41, 5.74) is 0.213. The second-order valence-corrected chi connectivity index (χ2v) is 10.0. The average molecular weight is 569 g/mol. The second-order valence-electron chi connectivity index (χ2n) is 6.94. The van der Waals surface area contributed by atoms with Gasteiger partial charge in [0.25, 0.3) is 5.91 Å². The third-order valence-corrected chi connectivity index (χ3v) is 6.75. The van der Waals surface area contributed by atoms with E-state index in [9.17, 15) is 22.8 Å². The maximum absolute atomic E-state index is 12.8. The van der Waals surface area contributed by atoms with E-state index in [4.69, 9.17) is 69.6 Å². The van der Waals surface area contributed by atoms with Gasteiger partial charge >= 0.3 is 6.18 Å². The Morgan fingerprint density at radius 1 is 0.969 bits per heavy atom. The summed E-state index contributed by atoms with van der Waals surface area (Å²) in [7, 11) is 0.